The number of para-hydroxylation sites is 1. The van der Waals surface area contributed by atoms with Crippen LogP contribution in [-0.2, 0) is 6.54 Å². The third-order valence-corrected chi connectivity index (χ3v) is 6.77. The molecule has 2 N–H and O–H groups in total. The van der Waals surface area contributed by atoms with Crippen molar-refractivity contribution >= 4 is 21.6 Å². The number of aliphatic hydroxyl groups excluding tert-OH is 1. The van der Waals surface area contributed by atoms with Crippen LogP contribution in [0.15, 0.2) is 58.7 Å². The SMILES string of the molecule is COc1ccc(-c2csc3nc(CN(C[C@H](O)COc4ccccc4)C(C)C)[nH]c(=O)c23)cc1OC. The highest BCUT2D eigenvalue weighted by atomic mass is 32.1. The summed E-state index contributed by atoms with van der Waals surface area (Å²) in [7, 11) is 3.17. The Labute approximate surface area is 214 Å². The first-order chi connectivity index (χ1) is 17.4. The predicted octanol–water partition coefficient (Wildman–Crippen LogP) is 4.32. The minimum atomic E-state index is -0.693. The molecule has 0 bridgehead atoms. The van der Waals surface area contributed by atoms with Gasteiger partial charge in [0.1, 0.15) is 29.1 Å². The van der Waals surface area contributed by atoms with Gasteiger partial charge in [-0.3, -0.25) is 9.69 Å². The Balaban J connectivity index is 1.52. The Hall–Kier alpha value is -3.40. The molecule has 36 heavy (non-hydrogen) atoms. The summed E-state index contributed by atoms with van der Waals surface area (Å²) in [5.74, 6) is 2.49. The summed E-state index contributed by atoms with van der Waals surface area (Å²) in [5, 5.41) is 13.0. The molecular formula is C27H31N3O5S. The number of rotatable bonds is 11. The standard InChI is InChI=1S/C27H31N3O5S/c1-17(2)30(13-19(31)15-35-20-8-6-5-7-9-20)14-24-28-26(32)25-21(16-36-27(25)29-24)18-10-11-22(33-3)23(12-18)34-4/h5-12,16-17,19,31H,13-15H2,1-4H3,(H,28,29,32)/t19-/m0/s1. The van der Waals surface area contributed by atoms with Gasteiger partial charge < -0.3 is 24.3 Å². The number of aliphatic hydroxyl groups is 1. The normalized spacial score (nSPS) is 12.3. The van der Waals surface area contributed by atoms with Gasteiger partial charge in [0.05, 0.1) is 26.2 Å². The molecule has 0 aliphatic rings. The van der Waals surface area contributed by atoms with Gasteiger partial charge in [0.15, 0.2) is 11.5 Å². The average molecular weight is 510 g/mol. The molecular weight excluding hydrogens is 478 g/mol. The number of methoxy groups -OCH3 is 2. The van der Waals surface area contributed by atoms with Gasteiger partial charge in [-0.15, -0.1) is 11.3 Å². The fraction of sp³-hybridized carbons (Fsp3) is 0.333. The van der Waals surface area contributed by atoms with Crippen molar-refractivity contribution in [3.05, 3.63) is 70.1 Å². The number of benzene rings is 2. The van der Waals surface area contributed by atoms with Crippen LogP contribution in [0.3, 0.4) is 0 Å². The van der Waals surface area contributed by atoms with E-state index in [-0.39, 0.29) is 18.2 Å². The molecule has 0 unspecified atom stereocenters. The summed E-state index contributed by atoms with van der Waals surface area (Å²) in [6.45, 7) is 5.04. The lowest BCUT2D eigenvalue weighted by atomic mass is 10.1. The van der Waals surface area contributed by atoms with Gasteiger partial charge in [0.2, 0.25) is 0 Å². The highest BCUT2D eigenvalue weighted by Gasteiger charge is 2.19. The summed E-state index contributed by atoms with van der Waals surface area (Å²) in [6.07, 6.45) is -0.693. The number of thiophene rings is 1. The second-order valence-corrected chi connectivity index (χ2v) is 9.57. The molecule has 0 aliphatic carbocycles. The van der Waals surface area contributed by atoms with Crippen LogP contribution in [-0.4, -0.2) is 59.5 Å². The molecule has 8 nitrogen and oxygen atoms in total. The number of hydrogen-bond donors (Lipinski definition) is 2. The molecule has 0 radical (unpaired) electrons. The first kappa shape index (κ1) is 25.7. The summed E-state index contributed by atoms with van der Waals surface area (Å²) in [6, 6.07) is 15.1. The minimum absolute atomic E-state index is 0.128. The minimum Gasteiger partial charge on any atom is -0.493 e. The molecule has 0 fully saturated rings. The average Bonchev–Trinajstić information content (AvgIpc) is 3.32. The highest BCUT2D eigenvalue weighted by molar-refractivity contribution is 7.17. The van der Waals surface area contributed by atoms with Gasteiger partial charge in [-0.25, -0.2) is 4.98 Å². The Bertz CT molecular complexity index is 1350. The van der Waals surface area contributed by atoms with Gasteiger partial charge in [0, 0.05) is 23.5 Å². The summed E-state index contributed by atoms with van der Waals surface area (Å²) >= 11 is 1.42. The fourth-order valence-electron chi connectivity index (χ4n) is 3.97. The monoisotopic (exact) mass is 509 g/mol. The lowest BCUT2D eigenvalue weighted by Gasteiger charge is -2.28. The smallest absolute Gasteiger partial charge is 0.260 e. The Kier molecular flexibility index (Phi) is 8.25. The number of nitrogens with one attached hydrogen (secondary N) is 1. The van der Waals surface area contributed by atoms with Crippen LogP contribution in [0, 0.1) is 0 Å². The summed E-state index contributed by atoms with van der Waals surface area (Å²) < 4.78 is 16.4. The first-order valence-electron chi connectivity index (χ1n) is 11.7. The zero-order valence-electron chi connectivity index (χ0n) is 20.9. The van der Waals surface area contributed by atoms with E-state index in [1.165, 1.54) is 11.3 Å². The van der Waals surface area contributed by atoms with Crippen LogP contribution in [0.25, 0.3) is 21.3 Å². The number of H-pyrrole nitrogens is 1. The van der Waals surface area contributed by atoms with Gasteiger partial charge in [-0.1, -0.05) is 24.3 Å². The molecule has 2 aromatic carbocycles. The maximum Gasteiger partial charge on any atom is 0.260 e. The van der Waals surface area contributed by atoms with Crippen LogP contribution >= 0.6 is 11.3 Å². The fourth-order valence-corrected chi connectivity index (χ4v) is 4.93. The largest absolute Gasteiger partial charge is 0.493 e. The number of nitrogens with zero attached hydrogens (tertiary/aromatic N) is 2. The third kappa shape index (κ3) is 5.87. The van der Waals surface area contributed by atoms with E-state index in [0.717, 1.165) is 11.1 Å². The molecule has 9 heteroatoms. The van der Waals surface area contributed by atoms with Crippen molar-refractivity contribution in [2.45, 2.75) is 32.5 Å². The van der Waals surface area contributed by atoms with E-state index in [1.54, 1.807) is 14.2 Å². The van der Waals surface area contributed by atoms with E-state index >= 15 is 0 Å². The Morgan fingerprint density at radius 2 is 1.83 bits per heavy atom. The molecule has 0 amide bonds. The molecule has 190 valence electrons. The first-order valence-corrected chi connectivity index (χ1v) is 12.6. The predicted molar refractivity (Wildman–Crippen MR) is 142 cm³/mol. The van der Waals surface area contributed by atoms with Crippen molar-refractivity contribution in [2.75, 3.05) is 27.4 Å². The molecule has 2 heterocycles. The topological polar surface area (TPSA) is 96.9 Å². The van der Waals surface area contributed by atoms with Gasteiger partial charge in [-0.05, 0) is 43.7 Å². The zero-order chi connectivity index (χ0) is 25.7. The van der Waals surface area contributed by atoms with Crippen molar-refractivity contribution in [3.8, 4) is 28.4 Å². The second-order valence-electron chi connectivity index (χ2n) is 8.71. The van der Waals surface area contributed by atoms with Crippen molar-refractivity contribution in [1.82, 2.24) is 14.9 Å². The zero-order valence-corrected chi connectivity index (χ0v) is 21.7. The van der Waals surface area contributed by atoms with E-state index < -0.39 is 6.10 Å². The maximum absolute atomic E-state index is 13.1. The summed E-state index contributed by atoms with van der Waals surface area (Å²) in [5.41, 5.74) is 1.45. The number of aromatic amines is 1. The molecule has 4 rings (SSSR count). The molecule has 0 saturated carbocycles. The molecule has 0 aliphatic heterocycles. The lowest BCUT2D eigenvalue weighted by molar-refractivity contribution is 0.0533. The van der Waals surface area contributed by atoms with Gasteiger partial charge in [0.25, 0.3) is 5.56 Å². The Morgan fingerprint density at radius 3 is 2.53 bits per heavy atom. The number of ether oxygens (including phenoxy) is 3. The molecule has 2 aromatic heterocycles. The molecule has 1 atom stereocenters. The molecule has 4 aromatic rings. The van der Waals surface area contributed by atoms with E-state index in [0.29, 0.717) is 46.4 Å². The van der Waals surface area contributed by atoms with Crippen molar-refractivity contribution < 1.29 is 19.3 Å². The van der Waals surface area contributed by atoms with E-state index in [2.05, 4.69) is 9.88 Å². The lowest BCUT2D eigenvalue weighted by Crippen LogP contribution is -2.40. The molecule has 0 spiro atoms. The van der Waals surface area contributed by atoms with Crippen molar-refractivity contribution in [2.24, 2.45) is 0 Å². The van der Waals surface area contributed by atoms with E-state index in [9.17, 15) is 9.90 Å². The van der Waals surface area contributed by atoms with Crippen molar-refractivity contribution in [3.63, 3.8) is 0 Å². The Morgan fingerprint density at radius 1 is 1.08 bits per heavy atom. The van der Waals surface area contributed by atoms with Crippen LogP contribution in [0.5, 0.6) is 17.2 Å². The van der Waals surface area contributed by atoms with E-state index in [1.807, 2.05) is 67.8 Å². The van der Waals surface area contributed by atoms with Crippen molar-refractivity contribution in [1.29, 1.82) is 0 Å². The maximum atomic E-state index is 13.1. The number of hydrogen-bond acceptors (Lipinski definition) is 8. The van der Waals surface area contributed by atoms with Gasteiger partial charge >= 0.3 is 0 Å². The number of fused-ring (bicyclic) bond motifs is 1. The van der Waals surface area contributed by atoms with E-state index in [4.69, 9.17) is 19.2 Å². The quantitative estimate of drug-likeness (QED) is 0.311. The molecule has 0 saturated heterocycles. The highest BCUT2D eigenvalue weighted by Crippen LogP contribution is 2.36. The van der Waals surface area contributed by atoms with Crippen LogP contribution in [0.1, 0.15) is 19.7 Å². The second kappa shape index (κ2) is 11.6. The number of aromatic nitrogens is 2. The van der Waals surface area contributed by atoms with Crippen LogP contribution in [0.2, 0.25) is 0 Å². The van der Waals surface area contributed by atoms with Crippen LogP contribution in [0.4, 0.5) is 0 Å². The van der Waals surface area contributed by atoms with Crippen LogP contribution < -0.4 is 19.8 Å². The third-order valence-electron chi connectivity index (χ3n) is 5.90. The summed E-state index contributed by atoms with van der Waals surface area (Å²) in [4.78, 5) is 23.5. The van der Waals surface area contributed by atoms with Gasteiger partial charge in [-0.2, -0.15) is 0 Å².